The summed E-state index contributed by atoms with van der Waals surface area (Å²) in [7, 11) is 3.71. The Morgan fingerprint density at radius 3 is 2.61 bits per heavy atom. The fourth-order valence-electron chi connectivity index (χ4n) is 2.93. The summed E-state index contributed by atoms with van der Waals surface area (Å²) in [5.41, 5.74) is -0.127. The zero-order valence-corrected chi connectivity index (χ0v) is 10.9. The van der Waals surface area contributed by atoms with Crippen molar-refractivity contribution in [3.63, 3.8) is 0 Å². The van der Waals surface area contributed by atoms with Crippen LogP contribution < -0.4 is 5.32 Å². The Hall–Kier alpha value is -1.59. The normalized spacial score (nSPS) is 17.9. The first-order valence-corrected chi connectivity index (χ1v) is 6.34. The number of hydrogen-bond donors (Lipinski definition) is 2. The van der Waals surface area contributed by atoms with E-state index in [1.165, 1.54) is 0 Å². The quantitative estimate of drug-likeness (QED) is 0.828. The van der Waals surface area contributed by atoms with Crippen LogP contribution in [-0.2, 0) is 18.3 Å². The van der Waals surface area contributed by atoms with Crippen molar-refractivity contribution in [2.45, 2.75) is 38.5 Å². The number of anilines is 1. The van der Waals surface area contributed by atoms with E-state index in [0.29, 0.717) is 12.4 Å². The third-order valence-electron chi connectivity index (χ3n) is 3.91. The van der Waals surface area contributed by atoms with Crippen LogP contribution in [0.1, 0.15) is 37.9 Å². The van der Waals surface area contributed by atoms with Gasteiger partial charge in [-0.3, -0.25) is 4.79 Å². The molecule has 18 heavy (non-hydrogen) atoms. The van der Waals surface area contributed by atoms with Gasteiger partial charge in [-0.15, -0.1) is 10.2 Å². The predicted octanol–water partition coefficient (Wildman–Crippen LogP) is 1.43. The maximum atomic E-state index is 11.0. The summed E-state index contributed by atoms with van der Waals surface area (Å²) in [6.07, 6.45) is 5.11. The van der Waals surface area contributed by atoms with Gasteiger partial charge in [0.25, 0.3) is 0 Å². The minimum absolute atomic E-state index is 0.127. The number of nitrogens with zero attached hydrogens (tertiary/aromatic N) is 3. The molecule has 100 valence electrons. The van der Waals surface area contributed by atoms with Crippen molar-refractivity contribution in [2.75, 3.05) is 12.4 Å². The highest BCUT2D eigenvalue weighted by Gasteiger charge is 2.37. The van der Waals surface area contributed by atoms with Crippen LogP contribution >= 0.6 is 0 Å². The molecule has 2 rings (SSSR count). The molecule has 0 aromatic carbocycles. The van der Waals surface area contributed by atoms with E-state index < -0.39 is 5.97 Å². The van der Waals surface area contributed by atoms with E-state index in [0.717, 1.165) is 31.5 Å². The Bertz CT molecular complexity index is 435. The lowest BCUT2D eigenvalue weighted by Gasteiger charge is -2.26. The molecule has 0 bridgehead atoms. The van der Waals surface area contributed by atoms with Crippen LogP contribution in [0.3, 0.4) is 0 Å². The largest absolute Gasteiger partial charge is 0.481 e. The maximum absolute atomic E-state index is 11.0. The van der Waals surface area contributed by atoms with Gasteiger partial charge in [0.15, 0.2) is 0 Å². The molecule has 1 aromatic heterocycles. The van der Waals surface area contributed by atoms with Crippen LogP contribution in [-0.4, -0.2) is 32.9 Å². The van der Waals surface area contributed by atoms with E-state index in [1.54, 1.807) is 7.05 Å². The molecular formula is C12H20N4O2. The second-order valence-corrected chi connectivity index (χ2v) is 5.20. The van der Waals surface area contributed by atoms with E-state index in [1.807, 2.05) is 11.6 Å². The van der Waals surface area contributed by atoms with Gasteiger partial charge in [-0.25, -0.2) is 0 Å². The van der Waals surface area contributed by atoms with Gasteiger partial charge in [0, 0.05) is 20.5 Å². The number of carbonyl (C=O) groups is 1. The van der Waals surface area contributed by atoms with Gasteiger partial charge < -0.3 is 15.0 Å². The maximum Gasteiger partial charge on any atom is 0.303 e. The van der Waals surface area contributed by atoms with Crippen LogP contribution in [0.4, 0.5) is 5.95 Å². The first kappa shape index (κ1) is 12.9. The van der Waals surface area contributed by atoms with E-state index in [2.05, 4.69) is 15.5 Å². The Balaban J connectivity index is 2.18. The highest BCUT2D eigenvalue weighted by atomic mass is 16.4. The molecule has 0 aliphatic heterocycles. The second kappa shape index (κ2) is 4.96. The lowest BCUT2D eigenvalue weighted by atomic mass is 9.79. The second-order valence-electron chi connectivity index (χ2n) is 5.20. The zero-order valence-electron chi connectivity index (χ0n) is 10.9. The van der Waals surface area contributed by atoms with Gasteiger partial charge in [-0.2, -0.15) is 0 Å². The monoisotopic (exact) mass is 252 g/mol. The van der Waals surface area contributed by atoms with Gasteiger partial charge in [-0.1, -0.05) is 12.8 Å². The smallest absolute Gasteiger partial charge is 0.303 e. The Morgan fingerprint density at radius 2 is 2.11 bits per heavy atom. The minimum atomic E-state index is -0.715. The number of aromatic nitrogens is 3. The predicted molar refractivity (Wildman–Crippen MR) is 67.4 cm³/mol. The van der Waals surface area contributed by atoms with E-state index in [9.17, 15) is 4.79 Å². The van der Waals surface area contributed by atoms with Gasteiger partial charge in [0.2, 0.25) is 5.95 Å². The summed E-state index contributed by atoms with van der Waals surface area (Å²) >= 11 is 0. The summed E-state index contributed by atoms with van der Waals surface area (Å²) < 4.78 is 1.90. The fraction of sp³-hybridized carbons (Fsp3) is 0.750. The average molecular weight is 252 g/mol. The SMILES string of the molecule is CNc1nnc(CC2(CC(=O)O)CCCC2)n1C. The molecule has 1 fully saturated rings. The molecule has 0 spiro atoms. The molecule has 0 radical (unpaired) electrons. The Labute approximate surface area is 106 Å². The summed E-state index contributed by atoms with van der Waals surface area (Å²) in [5.74, 6) is 0.865. The van der Waals surface area contributed by atoms with Gasteiger partial charge >= 0.3 is 5.97 Å². The molecule has 0 saturated heterocycles. The summed E-state index contributed by atoms with van der Waals surface area (Å²) in [6.45, 7) is 0. The lowest BCUT2D eigenvalue weighted by molar-refractivity contribution is -0.139. The van der Waals surface area contributed by atoms with Crippen molar-refractivity contribution in [3.05, 3.63) is 5.82 Å². The van der Waals surface area contributed by atoms with Crippen LogP contribution in [0.2, 0.25) is 0 Å². The molecule has 1 saturated carbocycles. The molecular weight excluding hydrogens is 232 g/mol. The van der Waals surface area contributed by atoms with Crippen molar-refractivity contribution >= 4 is 11.9 Å². The van der Waals surface area contributed by atoms with Gasteiger partial charge in [0.1, 0.15) is 5.82 Å². The Morgan fingerprint density at radius 1 is 1.44 bits per heavy atom. The molecule has 0 unspecified atom stereocenters. The van der Waals surface area contributed by atoms with Crippen LogP contribution in [0.25, 0.3) is 0 Å². The number of carboxylic acids is 1. The first-order chi connectivity index (χ1) is 8.56. The number of nitrogens with one attached hydrogen (secondary N) is 1. The van der Waals surface area contributed by atoms with Crippen molar-refractivity contribution in [1.29, 1.82) is 0 Å². The third-order valence-corrected chi connectivity index (χ3v) is 3.91. The zero-order chi connectivity index (χ0) is 13.2. The highest BCUT2D eigenvalue weighted by Crippen LogP contribution is 2.43. The molecule has 2 N–H and O–H groups in total. The standard InChI is InChI=1S/C12H20N4O2/c1-13-11-15-14-9(16(11)2)7-12(8-10(17)18)5-3-4-6-12/h3-8H2,1-2H3,(H,13,15)(H,17,18). The molecule has 1 heterocycles. The third kappa shape index (κ3) is 2.47. The van der Waals surface area contributed by atoms with Crippen LogP contribution in [0, 0.1) is 5.41 Å². The van der Waals surface area contributed by atoms with E-state index >= 15 is 0 Å². The molecule has 0 amide bonds. The van der Waals surface area contributed by atoms with Crippen molar-refractivity contribution < 1.29 is 9.90 Å². The highest BCUT2D eigenvalue weighted by molar-refractivity contribution is 5.67. The summed E-state index contributed by atoms with van der Waals surface area (Å²) in [5, 5.41) is 20.3. The summed E-state index contributed by atoms with van der Waals surface area (Å²) in [6, 6.07) is 0. The molecule has 6 nitrogen and oxygen atoms in total. The van der Waals surface area contributed by atoms with E-state index in [4.69, 9.17) is 5.11 Å². The molecule has 1 aliphatic carbocycles. The number of aliphatic carboxylic acids is 1. The fourth-order valence-corrected chi connectivity index (χ4v) is 2.93. The first-order valence-electron chi connectivity index (χ1n) is 6.34. The topological polar surface area (TPSA) is 80.0 Å². The summed E-state index contributed by atoms with van der Waals surface area (Å²) in [4.78, 5) is 11.0. The number of rotatable bonds is 5. The Kier molecular flexibility index (Phi) is 3.54. The van der Waals surface area contributed by atoms with Crippen molar-refractivity contribution in [2.24, 2.45) is 12.5 Å². The molecule has 1 aliphatic rings. The molecule has 0 atom stereocenters. The van der Waals surface area contributed by atoms with E-state index in [-0.39, 0.29) is 11.8 Å². The molecule has 1 aromatic rings. The number of hydrogen-bond acceptors (Lipinski definition) is 4. The average Bonchev–Trinajstić information content (AvgIpc) is 2.88. The van der Waals surface area contributed by atoms with Crippen molar-refractivity contribution in [1.82, 2.24) is 14.8 Å². The van der Waals surface area contributed by atoms with Gasteiger partial charge in [0.05, 0.1) is 6.42 Å². The van der Waals surface area contributed by atoms with Crippen molar-refractivity contribution in [3.8, 4) is 0 Å². The van der Waals surface area contributed by atoms with Gasteiger partial charge in [-0.05, 0) is 18.3 Å². The molecule has 6 heteroatoms. The number of carboxylic acid groups (broad SMARTS) is 1. The minimum Gasteiger partial charge on any atom is -0.481 e. The lowest BCUT2D eigenvalue weighted by Crippen LogP contribution is -2.25. The van der Waals surface area contributed by atoms with Crippen LogP contribution in [0.5, 0.6) is 0 Å². The van der Waals surface area contributed by atoms with Crippen LogP contribution in [0.15, 0.2) is 0 Å².